The molecule has 3 fully saturated rings. The Labute approximate surface area is 157 Å². The van der Waals surface area contributed by atoms with Crippen molar-refractivity contribution >= 4 is 17.9 Å². The minimum Gasteiger partial charge on any atom is -0.449 e. The molecule has 4 aliphatic rings. The third-order valence-corrected chi connectivity index (χ3v) is 6.24. The van der Waals surface area contributed by atoms with E-state index in [-0.39, 0.29) is 40.8 Å². The van der Waals surface area contributed by atoms with Gasteiger partial charge in [0.15, 0.2) is 5.66 Å². The van der Waals surface area contributed by atoms with E-state index in [1.54, 1.807) is 29.2 Å². The highest BCUT2D eigenvalue weighted by molar-refractivity contribution is 6.21. The Hall–Kier alpha value is -2.41. The van der Waals surface area contributed by atoms with Crippen LogP contribution in [0.15, 0.2) is 24.3 Å². The molecule has 4 atom stereocenters. The number of imide groups is 1. The van der Waals surface area contributed by atoms with Crippen LogP contribution in [-0.2, 0) is 4.74 Å². The van der Waals surface area contributed by atoms with Crippen LogP contribution in [-0.4, -0.2) is 57.2 Å². The second kappa shape index (κ2) is 4.52. The number of carbonyl (C=O) groups excluding carboxylic acids is 3. The van der Waals surface area contributed by atoms with Gasteiger partial charge in [0, 0.05) is 5.41 Å². The SMILES string of the molecule is CC(C)(C)[C@H]1N(N2C(=O)c3ccccc3C2=O)[C@]12[C@@H]1N2C(=O)OCC1(C)C. The van der Waals surface area contributed by atoms with Crippen LogP contribution < -0.4 is 0 Å². The number of benzene rings is 1. The van der Waals surface area contributed by atoms with Crippen molar-refractivity contribution < 1.29 is 19.1 Å². The van der Waals surface area contributed by atoms with Gasteiger partial charge in [0.2, 0.25) is 0 Å². The van der Waals surface area contributed by atoms with Gasteiger partial charge in [-0.1, -0.05) is 46.8 Å². The van der Waals surface area contributed by atoms with E-state index in [1.807, 2.05) is 5.01 Å². The van der Waals surface area contributed by atoms with Crippen LogP contribution in [0.1, 0.15) is 55.3 Å². The summed E-state index contributed by atoms with van der Waals surface area (Å²) < 4.78 is 5.38. The highest BCUT2D eigenvalue weighted by atomic mass is 16.6. The average molecular weight is 369 g/mol. The maximum absolute atomic E-state index is 13.1. The molecule has 1 unspecified atom stereocenters. The molecule has 1 spiro atoms. The van der Waals surface area contributed by atoms with Crippen molar-refractivity contribution in [1.29, 1.82) is 0 Å². The molecule has 0 radical (unpaired) electrons. The molecule has 27 heavy (non-hydrogen) atoms. The van der Waals surface area contributed by atoms with Gasteiger partial charge < -0.3 is 4.74 Å². The maximum Gasteiger partial charge on any atom is 0.411 e. The van der Waals surface area contributed by atoms with Gasteiger partial charge in [-0.2, -0.15) is 10.0 Å². The van der Waals surface area contributed by atoms with Gasteiger partial charge in [-0.25, -0.2) is 4.79 Å². The first-order chi connectivity index (χ1) is 12.5. The summed E-state index contributed by atoms with van der Waals surface area (Å²) in [6.45, 7) is 10.7. The van der Waals surface area contributed by atoms with Crippen LogP contribution in [0.4, 0.5) is 4.79 Å². The van der Waals surface area contributed by atoms with Crippen molar-refractivity contribution in [2.75, 3.05) is 6.61 Å². The van der Waals surface area contributed by atoms with E-state index < -0.39 is 5.66 Å². The molecule has 3 amide bonds. The lowest BCUT2D eigenvalue weighted by molar-refractivity contribution is 0.0275. The number of nitrogens with zero attached hydrogens (tertiary/aromatic N) is 3. The number of carbonyl (C=O) groups is 3. The summed E-state index contributed by atoms with van der Waals surface area (Å²) in [5.41, 5.74) is -0.327. The Morgan fingerprint density at radius 1 is 1.04 bits per heavy atom. The summed E-state index contributed by atoms with van der Waals surface area (Å²) in [7, 11) is 0. The fourth-order valence-electron chi connectivity index (χ4n) is 5.32. The third kappa shape index (κ3) is 1.78. The van der Waals surface area contributed by atoms with Crippen molar-refractivity contribution in [3.63, 3.8) is 0 Å². The molecule has 0 aliphatic carbocycles. The van der Waals surface area contributed by atoms with Crippen molar-refractivity contribution in [2.24, 2.45) is 10.8 Å². The van der Waals surface area contributed by atoms with Crippen molar-refractivity contribution in [3.05, 3.63) is 35.4 Å². The molecule has 7 heteroatoms. The number of cyclic esters (lactones) is 1. The molecule has 0 aromatic heterocycles. The lowest BCUT2D eigenvalue weighted by atomic mass is 9.83. The van der Waals surface area contributed by atoms with E-state index in [4.69, 9.17) is 4.74 Å². The quantitative estimate of drug-likeness (QED) is 0.562. The zero-order chi connectivity index (χ0) is 19.5. The van der Waals surface area contributed by atoms with Gasteiger partial charge in [0.05, 0.1) is 23.2 Å². The summed E-state index contributed by atoms with van der Waals surface area (Å²) in [5, 5.41) is 3.08. The van der Waals surface area contributed by atoms with E-state index in [1.165, 1.54) is 5.01 Å². The minimum atomic E-state index is -0.664. The minimum absolute atomic E-state index is 0.0835. The summed E-state index contributed by atoms with van der Waals surface area (Å²) in [6.07, 6.45) is -0.368. The van der Waals surface area contributed by atoms with E-state index in [0.717, 1.165) is 0 Å². The molecule has 1 aromatic rings. The second-order valence-electron chi connectivity index (χ2n) is 9.68. The van der Waals surface area contributed by atoms with Crippen LogP contribution >= 0.6 is 0 Å². The van der Waals surface area contributed by atoms with Crippen molar-refractivity contribution in [3.8, 4) is 0 Å². The Bertz CT molecular complexity index is 883. The third-order valence-electron chi connectivity index (χ3n) is 6.24. The number of hydrogen-bond donors (Lipinski definition) is 0. The van der Waals surface area contributed by atoms with Crippen LogP contribution in [0.5, 0.6) is 0 Å². The van der Waals surface area contributed by atoms with E-state index in [2.05, 4.69) is 34.6 Å². The van der Waals surface area contributed by atoms with Crippen LogP contribution in [0, 0.1) is 10.8 Å². The molecule has 0 N–H and O–H groups in total. The lowest BCUT2D eigenvalue weighted by Crippen LogP contribution is -2.39. The standard InChI is InChI=1S/C20H23N3O4/c1-18(2,3)15-20(16-19(4,5)10-27-17(26)21(16)20)23(15)22-13(24)11-8-6-7-9-12(11)14(22)25/h6-9,15-16H,10H2,1-5H3/t15-,16-,20+,21?,23?/m1/s1. The van der Waals surface area contributed by atoms with Crippen LogP contribution in [0.3, 0.4) is 0 Å². The van der Waals surface area contributed by atoms with Gasteiger partial charge in [-0.15, -0.1) is 0 Å². The van der Waals surface area contributed by atoms with Crippen molar-refractivity contribution in [1.82, 2.24) is 14.9 Å². The Morgan fingerprint density at radius 3 is 2.07 bits per heavy atom. The lowest BCUT2D eigenvalue weighted by Gasteiger charge is -2.27. The molecule has 3 saturated heterocycles. The molecule has 1 aromatic carbocycles. The second-order valence-corrected chi connectivity index (χ2v) is 9.68. The van der Waals surface area contributed by atoms with Crippen LogP contribution in [0.2, 0.25) is 0 Å². The average Bonchev–Trinajstić information content (AvgIpc) is 3.44. The number of amides is 3. The molecule has 4 heterocycles. The molecule has 0 saturated carbocycles. The smallest absolute Gasteiger partial charge is 0.411 e. The molecule has 4 aliphatic heterocycles. The summed E-state index contributed by atoms with van der Waals surface area (Å²) >= 11 is 0. The van der Waals surface area contributed by atoms with E-state index in [0.29, 0.717) is 17.7 Å². The van der Waals surface area contributed by atoms with E-state index in [9.17, 15) is 14.4 Å². The number of rotatable bonds is 1. The Kier molecular flexibility index (Phi) is 2.80. The summed E-state index contributed by atoms with van der Waals surface area (Å²) in [4.78, 5) is 40.3. The van der Waals surface area contributed by atoms with Gasteiger partial charge in [-0.3, -0.25) is 14.5 Å². The van der Waals surface area contributed by atoms with Gasteiger partial charge in [-0.05, 0) is 17.5 Å². The van der Waals surface area contributed by atoms with Gasteiger partial charge >= 0.3 is 6.09 Å². The fraction of sp³-hybridized carbons (Fsp3) is 0.550. The Balaban J connectivity index is 1.60. The normalized spacial score (nSPS) is 35.9. The predicted octanol–water partition coefficient (Wildman–Crippen LogP) is 2.48. The molecular formula is C20H23N3O4. The van der Waals surface area contributed by atoms with Gasteiger partial charge in [0.1, 0.15) is 6.61 Å². The van der Waals surface area contributed by atoms with E-state index >= 15 is 0 Å². The van der Waals surface area contributed by atoms with Gasteiger partial charge in [0.25, 0.3) is 11.8 Å². The molecule has 142 valence electrons. The monoisotopic (exact) mass is 369 g/mol. The summed E-state index contributed by atoms with van der Waals surface area (Å²) in [5.74, 6) is -0.643. The molecular weight excluding hydrogens is 346 g/mol. The largest absolute Gasteiger partial charge is 0.449 e. The number of fused-ring (bicyclic) bond motifs is 4. The molecule has 5 rings (SSSR count). The fourth-order valence-corrected chi connectivity index (χ4v) is 5.32. The maximum atomic E-state index is 13.1. The predicted molar refractivity (Wildman–Crippen MR) is 95.5 cm³/mol. The first kappa shape index (κ1) is 16.7. The number of hydrazine groups is 1. The first-order valence-electron chi connectivity index (χ1n) is 9.28. The van der Waals surface area contributed by atoms with Crippen molar-refractivity contribution in [2.45, 2.75) is 52.4 Å². The highest BCUT2D eigenvalue weighted by Gasteiger charge is 2.93. The molecule has 7 nitrogen and oxygen atoms in total. The van der Waals surface area contributed by atoms with Crippen LogP contribution in [0.25, 0.3) is 0 Å². The number of ether oxygens (including phenoxy) is 1. The number of hydrogen-bond acceptors (Lipinski definition) is 5. The topological polar surface area (TPSA) is 69.7 Å². The molecule has 0 bridgehead atoms. The summed E-state index contributed by atoms with van der Waals surface area (Å²) in [6, 6.07) is 6.65. The zero-order valence-electron chi connectivity index (χ0n) is 16.1. The first-order valence-corrected chi connectivity index (χ1v) is 9.28. The highest BCUT2D eigenvalue weighted by Crippen LogP contribution is 2.71. The Morgan fingerprint density at radius 2 is 1.59 bits per heavy atom. The zero-order valence-corrected chi connectivity index (χ0v) is 16.1.